The number of hydrogen-bond acceptors (Lipinski definition) is 3. The van der Waals surface area contributed by atoms with Gasteiger partial charge in [0, 0.05) is 0 Å². The first-order valence-electron chi connectivity index (χ1n) is 5.72. The number of nitrogens with zero attached hydrogens (tertiary/aromatic N) is 2. The van der Waals surface area contributed by atoms with E-state index in [1.54, 1.807) is 18.2 Å². The standard InChI is InChI=1S/C13H15N3O/c1-16-8-4-7-12(16)13(17)15-11-6-3-2-5-10(11)9-14/h2-3,5-6,12H,4,7-8H2,1H3,(H,15,17). The Bertz CT molecular complexity index is 464. The van der Waals surface area contributed by atoms with Gasteiger partial charge in [-0.2, -0.15) is 5.26 Å². The van der Waals surface area contributed by atoms with Gasteiger partial charge in [-0.3, -0.25) is 9.69 Å². The minimum Gasteiger partial charge on any atom is -0.324 e. The summed E-state index contributed by atoms with van der Waals surface area (Å²) in [4.78, 5) is 14.1. The van der Waals surface area contributed by atoms with Crippen LogP contribution < -0.4 is 5.32 Å². The molecule has 1 heterocycles. The molecule has 1 unspecified atom stereocenters. The quantitative estimate of drug-likeness (QED) is 0.837. The zero-order chi connectivity index (χ0) is 12.3. The molecule has 1 fully saturated rings. The highest BCUT2D eigenvalue weighted by Gasteiger charge is 2.27. The van der Waals surface area contributed by atoms with E-state index >= 15 is 0 Å². The van der Waals surface area contributed by atoms with Crippen LogP contribution in [0.3, 0.4) is 0 Å². The molecule has 0 spiro atoms. The van der Waals surface area contributed by atoms with Crippen molar-refractivity contribution >= 4 is 11.6 Å². The lowest BCUT2D eigenvalue weighted by atomic mass is 10.1. The van der Waals surface area contributed by atoms with E-state index in [-0.39, 0.29) is 11.9 Å². The summed E-state index contributed by atoms with van der Waals surface area (Å²) in [5, 5.41) is 11.8. The number of hydrogen-bond donors (Lipinski definition) is 1. The average molecular weight is 229 g/mol. The Morgan fingerprint density at radius 3 is 2.94 bits per heavy atom. The highest BCUT2D eigenvalue weighted by atomic mass is 16.2. The molecule has 0 aliphatic carbocycles. The smallest absolute Gasteiger partial charge is 0.241 e. The van der Waals surface area contributed by atoms with Gasteiger partial charge in [0.15, 0.2) is 0 Å². The van der Waals surface area contributed by atoms with Crippen LogP contribution in [-0.2, 0) is 4.79 Å². The number of anilines is 1. The molecular formula is C13H15N3O. The number of likely N-dealkylation sites (N-methyl/N-ethyl adjacent to an activating group) is 1. The third-order valence-electron chi connectivity index (χ3n) is 3.13. The summed E-state index contributed by atoms with van der Waals surface area (Å²) < 4.78 is 0. The van der Waals surface area contributed by atoms with Crippen molar-refractivity contribution in [3.05, 3.63) is 29.8 Å². The number of nitrogens with one attached hydrogen (secondary N) is 1. The van der Waals surface area contributed by atoms with Crippen LogP contribution in [0.4, 0.5) is 5.69 Å². The molecule has 1 aromatic carbocycles. The first-order chi connectivity index (χ1) is 8.22. The molecule has 0 radical (unpaired) electrons. The van der Waals surface area contributed by atoms with Gasteiger partial charge in [-0.15, -0.1) is 0 Å². The zero-order valence-corrected chi connectivity index (χ0v) is 9.81. The predicted molar refractivity (Wildman–Crippen MR) is 65.4 cm³/mol. The summed E-state index contributed by atoms with van der Waals surface area (Å²) in [5.41, 5.74) is 1.10. The van der Waals surface area contributed by atoms with E-state index in [1.165, 1.54) is 0 Å². The second-order valence-corrected chi connectivity index (χ2v) is 4.29. The van der Waals surface area contributed by atoms with Crippen molar-refractivity contribution < 1.29 is 4.79 Å². The predicted octanol–water partition coefficient (Wildman–Crippen LogP) is 1.59. The number of likely N-dealkylation sites (tertiary alicyclic amines) is 1. The number of benzene rings is 1. The van der Waals surface area contributed by atoms with E-state index in [4.69, 9.17) is 5.26 Å². The molecule has 0 aromatic heterocycles. The van der Waals surface area contributed by atoms with Crippen molar-refractivity contribution in [2.24, 2.45) is 0 Å². The molecule has 4 heteroatoms. The molecule has 0 bridgehead atoms. The van der Waals surface area contributed by atoms with E-state index in [2.05, 4.69) is 11.4 Å². The van der Waals surface area contributed by atoms with E-state index in [0.29, 0.717) is 11.3 Å². The topological polar surface area (TPSA) is 56.1 Å². The summed E-state index contributed by atoms with van der Waals surface area (Å²) in [6, 6.07) is 9.07. The highest BCUT2D eigenvalue weighted by Crippen LogP contribution is 2.19. The summed E-state index contributed by atoms with van der Waals surface area (Å²) in [6.45, 7) is 0.956. The minimum atomic E-state index is -0.0678. The fourth-order valence-corrected chi connectivity index (χ4v) is 2.15. The molecule has 4 nitrogen and oxygen atoms in total. The molecule has 1 amide bonds. The number of para-hydroxylation sites is 1. The third kappa shape index (κ3) is 2.45. The molecule has 1 N–H and O–H groups in total. The molecule has 1 aliphatic rings. The Morgan fingerprint density at radius 2 is 2.29 bits per heavy atom. The van der Waals surface area contributed by atoms with Crippen molar-refractivity contribution in [3.8, 4) is 6.07 Å². The van der Waals surface area contributed by atoms with Gasteiger partial charge in [-0.05, 0) is 38.6 Å². The van der Waals surface area contributed by atoms with Gasteiger partial charge in [-0.25, -0.2) is 0 Å². The van der Waals surface area contributed by atoms with Gasteiger partial charge < -0.3 is 5.32 Å². The number of carbonyl (C=O) groups excluding carboxylic acids is 1. The monoisotopic (exact) mass is 229 g/mol. The minimum absolute atomic E-state index is 0.0206. The zero-order valence-electron chi connectivity index (χ0n) is 9.81. The maximum Gasteiger partial charge on any atom is 0.241 e. The van der Waals surface area contributed by atoms with Crippen LogP contribution in [0.2, 0.25) is 0 Å². The lowest BCUT2D eigenvalue weighted by Gasteiger charge is -2.18. The van der Waals surface area contributed by atoms with Gasteiger partial charge in [0.25, 0.3) is 0 Å². The molecule has 0 saturated carbocycles. The van der Waals surface area contributed by atoms with Crippen molar-refractivity contribution in [2.45, 2.75) is 18.9 Å². The first-order valence-corrected chi connectivity index (χ1v) is 5.72. The Balaban J connectivity index is 2.11. The third-order valence-corrected chi connectivity index (χ3v) is 3.13. The molecule has 1 aromatic rings. The van der Waals surface area contributed by atoms with E-state index in [1.807, 2.05) is 18.0 Å². The second-order valence-electron chi connectivity index (χ2n) is 4.29. The van der Waals surface area contributed by atoms with E-state index in [0.717, 1.165) is 19.4 Å². The normalized spacial score (nSPS) is 19.9. The van der Waals surface area contributed by atoms with Crippen molar-refractivity contribution in [2.75, 3.05) is 18.9 Å². The van der Waals surface area contributed by atoms with Crippen molar-refractivity contribution in [1.29, 1.82) is 5.26 Å². The maximum absolute atomic E-state index is 12.0. The fourth-order valence-electron chi connectivity index (χ4n) is 2.15. The second kappa shape index (κ2) is 4.98. The number of carbonyl (C=O) groups is 1. The molecule has 1 atom stereocenters. The van der Waals surface area contributed by atoms with Crippen LogP contribution in [0.15, 0.2) is 24.3 Å². The van der Waals surface area contributed by atoms with Crippen LogP contribution in [-0.4, -0.2) is 30.4 Å². The lowest BCUT2D eigenvalue weighted by molar-refractivity contribution is -0.119. The largest absolute Gasteiger partial charge is 0.324 e. The molecular weight excluding hydrogens is 214 g/mol. The lowest BCUT2D eigenvalue weighted by Crippen LogP contribution is -2.37. The first kappa shape index (κ1) is 11.6. The summed E-state index contributed by atoms with van der Waals surface area (Å²) in [6.07, 6.45) is 1.94. The molecule has 1 aliphatic heterocycles. The highest BCUT2D eigenvalue weighted by molar-refractivity contribution is 5.96. The number of nitriles is 1. The maximum atomic E-state index is 12.0. The number of amides is 1. The van der Waals surface area contributed by atoms with Gasteiger partial charge in [0.05, 0.1) is 17.3 Å². The molecule has 1 saturated heterocycles. The van der Waals surface area contributed by atoms with Gasteiger partial charge in [-0.1, -0.05) is 12.1 Å². The Morgan fingerprint density at radius 1 is 1.53 bits per heavy atom. The van der Waals surface area contributed by atoms with Crippen molar-refractivity contribution in [1.82, 2.24) is 4.90 Å². The van der Waals surface area contributed by atoms with Crippen LogP contribution in [0, 0.1) is 11.3 Å². The molecule has 2 rings (SSSR count). The average Bonchev–Trinajstić information content (AvgIpc) is 2.76. The SMILES string of the molecule is CN1CCCC1C(=O)Nc1ccccc1C#N. The molecule has 88 valence electrons. The van der Waals surface area contributed by atoms with Crippen molar-refractivity contribution in [3.63, 3.8) is 0 Å². The van der Waals surface area contributed by atoms with Gasteiger partial charge in [0.2, 0.25) is 5.91 Å². The van der Waals surface area contributed by atoms with E-state index in [9.17, 15) is 4.79 Å². The van der Waals surface area contributed by atoms with E-state index < -0.39 is 0 Å². The molecule has 17 heavy (non-hydrogen) atoms. The van der Waals surface area contributed by atoms with Crippen LogP contribution in [0.25, 0.3) is 0 Å². The summed E-state index contributed by atoms with van der Waals surface area (Å²) in [7, 11) is 1.95. The van der Waals surface area contributed by atoms with Crippen LogP contribution >= 0.6 is 0 Å². The van der Waals surface area contributed by atoms with Gasteiger partial charge >= 0.3 is 0 Å². The Kier molecular flexibility index (Phi) is 3.40. The van der Waals surface area contributed by atoms with Crippen LogP contribution in [0.5, 0.6) is 0 Å². The fraction of sp³-hybridized carbons (Fsp3) is 0.385. The Labute approximate surface area is 101 Å². The summed E-state index contributed by atoms with van der Waals surface area (Å²) >= 11 is 0. The number of rotatable bonds is 2. The van der Waals surface area contributed by atoms with Crippen LogP contribution in [0.1, 0.15) is 18.4 Å². The van der Waals surface area contributed by atoms with Gasteiger partial charge in [0.1, 0.15) is 6.07 Å². The summed E-state index contributed by atoms with van der Waals surface area (Å²) in [5.74, 6) is -0.0206. The Hall–Kier alpha value is -1.86.